The van der Waals surface area contributed by atoms with Crippen LogP contribution < -0.4 is 9.62 Å². The van der Waals surface area contributed by atoms with Crippen molar-refractivity contribution in [3.63, 3.8) is 0 Å². The first kappa shape index (κ1) is 17.0. The van der Waals surface area contributed by atoms with E-state index in [4.69, 9.17) is 0 Å². The summed E-state index contributed by atoms with van der Waals surface area (Å²) in [5.74, 6) is 0.415. The predicted octanol–water partition coefficient (Wildman–Crippen LogP) is 2.27. The lowest BCUT2D eigenvalue weighted by molar-refractivity contribution is -0.121. The summed E-state index contributed by atoms with van der Waals surface area (Å²) in [6, 6.07) is 4.88. The Bertz CT molecular complexity index is 693. The number of fused-ring (bicyclic) bond motifs is 1. The number of hydrogen-bond acceptors (Lipinski definition) is 3. The molecule has 1 aliphatic rings. The fourth-order valence-electron chi connectivity index (χ4n) is 2.68. The van der Waals surface area contributed by atoms with Crippen molar-refractivity contribution in [2.75, 3.05) is 18.5 Å². The molecule has 0 atom stereocenters. The van der Waals surface area contributed by atoms with Gasteiger partial charge >= 0.3 is 0 Å². The first-order valence-electron chi connectivity index (χ1n) is 7.49. The molecule has 0 bridgehead atoms. The van der Waals surface area contributed by atoms with Crippen LogP contribution in [0.1, 0.15) is 39.7 Å². The van der Waals surface area contributed by atoms with Gasteiger partial charge in [-0.25, -0.2) is 13.1 Å². The number of carbonyl (C=O) groups excluding carboxylic acids is 1. The van der Waals surface area contributed by atoms with Crippen LogP contribution in [-0.4, -0.2) is 27.9 Å². The maximum absolute atomic E-state index is 12.4. The van der Waals surface area contributed by atoms with E-state index in [2.05, 4.69) is 4.72 Å². The van der Waals surface area contributed by atoms with E-state index in [1.165, 1.54) is 0 Å². The van der Waals surface area contributed by atoms with Gasteiger partial charge in [-0.15, -0.1) is 0 Å². The van der Waals surface area contributed by atoms with Gasteiger partial charge in [-0.2, -0.15) is 0 Å². The lowest BCUT2D eigenvalue weighted by Gasteiger charge is -2.17. The number of amides is 1. The summed E-state index contributed by atoms with van der Waals surface area (Å²) in [5, 5.41) is 0. The van der Waals surface area contributed by atoms with Crippen molar-refractivity contribution in [3.05, 3.63) is 23.8 Å². The number of nitrogens with one attached hydrogen (secondary N) is 1. The van der Waals surface area contributed by atoms with Crippen molar-refractivity contribution in [2.45, 2.75) is 44.4 Å². The molecule has 122 valence electrons. The highest BCUT2D eigenvalue weighted by atomic mass is 32.2. The molecular formula is C16H24N2O3S. The minimum Gasteiger partial charge on any atom is -0.314 e. The molecule has 2 rings (SSSR count). The summed E-state index contributed by atoms with van der Waals surface area (Å²) < 4.78 is 27.4. The molecule has 1 heterocycles. The standard InChI is InChI=1S/C16H24N2O3S/c1-11(2)8-9-17-22(20,21)12-6-7-14-13(10-12)16(3,4)15(19)18(14)5/h6-7,10-11,17H,8-9H2,1-5H3. The van der Waals surface area contributed by atoms with Crippen LogP contribution >= 0.6 is 0 Å². The molecule has 1 aromatic rings. The summed E-state index contributed by atoms with van der Waals surface area (Å²) in [6.07, 6.45) is 0.789. The van der Waals surface area contributed by atoms with Crippen LogP contribution in [0.3, 0.4) is 0 Å². The van der Waals surface area contributed by atoms with Gasteiger partial charge in [-0.05, 0) is 49.9 Å². The number of rotatable bonds is 5. The molecule has 22 heavy (non-hydrogen) atoms. The first-order chi connectivity index (χ1) is 10.1. The molecule has 1 aliphatic heterocycles. The molecule has 0 saturated carbocycles. The topological polar surface area (TPSA) is 66.5 Å². The average molecular weight is 324 g/mol. The number of sulfonamides is 1. The highest BCUT2D eigenvalue weighted by Gasteiger charge is 2.42. The van der Waals surface area contributed by atoms with Crippen LogP contribution in [0.2, 0.25) is 0 Å². The number of hydrogen-bond donors (Lipinski definition) is 1. The van der Waals surface area contributed by atoms with Crippen LogP contribution in [-0.2, 0) is 20.2 Å². The highest BCUT2D eigenvalue weighted by Crippen LogP contribution is 2.41. The average Bonchev–Trinajstić information content (AvgIpc) is 2.59. The third-order valence-electron chi connectivity index (χ3n) is 4.17. The van der Waals surface area contributed by atoms with Gasteiger partial charge in [0.25, 0.3) is 0 Å². The zero-order chi connectivity index (χ0) is 16.7. The van der Waals surface area contributed by atoms with Crippen molar-refractivity contribution in [1.29, 1.82) is 0 Å². The second kappa shape index (κ2) is 5.66. The lowest BCUT2D eigenvalue weighted by atomic mass is 9.86. The Morgan fingerprint density at radius 1 is 1.27 bits per heavy atom. The van der Waals surface area contributed by atoms with E-state index in [0.29, 0.717) is 12.5 Å². The number of benzene rings is 1. The van der Waals surface area contributed by atoms with Crippen molar-refractivity contribution in [2.24, 2.45) is 5.92 Å². The molecule has 1 amide bonds. The summed E-state index contributed by atoms with van der Waals surface area (Å²) >= 11 is 0. The number of likely N-dealkylation sites (N-methyl/N-ethyl adjacent to an activating group) is 1. The Morgan fingerprint density at radius 2 is 1.91 bits per heavy atom. The van der Waals surface area contributed by atoms with Gasteiger partial charge in [0, 0.05) is 19.3 Å². The Kier molecular flexibility index (Phi) is 4.37. The van der Waals surface area contributed by atoms with Crippen LogP contribution in [0.5, 0.6) is 0 Å². The zero-order valence-corrected chi connectivity index (χ0v) is 14.6. The van der Waals surface area contributed by atoms with Gasteiger partial charge in [-0.3, -0.25) is 4.79 Å². The molecule has 0 radical (unpaired) electrons. The highest BCUT2D eigenvalue weighted by molar-refractivity contribution is 7.89. The van der Waals surface area contributed by atoms with E-state index < -0.39 is 15.4 Å². The van der Waals surface area contributed by atoms with Crippen molar-refractivity contribution < 1.29 is 13.2 Å². The molecule has 0 spiro atoms. The molecule has 0 aromatic heterocycles. The van der Waals surface area contributed by atoms with E-state index in [1.807, 2.05) is 27.7 Å². The van der Waals surface area contributed by atoms with Crippen LogP contribution in [0.4, 0.5) is 5.69 Å². The maximum Gasteiger partial charge on any atom is 0.240 e. The Labute approximate surface area is 132 Å². The molecule has 6 heteroatoms. The molecule has 0 saturated heterocycles. The van der Waals surface area contributed by atoms with Gasteiger partial charge in [-0.1, -0.05) is 13.8 Å². The quantitative estimate of drug-likeness (QED) is 0.903. The van der Waals surface area contributed by atoms with Crippen molar-refractivity contribution in [1.82, 2.24) is 4.72 Å². The Morgan fingerprint density at radius 3 is 2.50 bits per heavy atom. The molecule has 5 nitrogen and oxygen atoms in total. The summed E-state index contributed by atoms with van der Waals surface area (Å²) in [5.41, 5.74) is 0.830. The third-order valence-corrected chi connectivity index (χ3v) is 5.62. The summed E-state index contributed by atoms with van der Waals surface area (Å²) in [7, 11) is -1.83. The van der Waals surface area contributed by atoms with Gasteiger partial charge in [0.05, 0.1) is 10.3 Å². The van der Waals surface area contributed by atoms with E-state index in [9.17, 15) is 13.2 Å². The van der Waals surface area contributed by atoms with E-state index in [1.54, 1.807) is 30.1 Å². The van der Waals surface area contributed by atoms with E-state index in [-0.39, 0.29) is 10.8 Å². The normalized spacial score (nSPS) is 17.2. The maximum atomic E-state index is 12.4. The van der Waals surface area contributed by atoms with Gasteiger partial charge in [0.1, 0.15) is 0 Å². The van der Waals surface area contributed by atoms with Gasteiger partial charge in [0.15, 0.2) is 0 Å². The number of nitrogens with zero attached hydrogens (tertiary/aromatic N) is 1. The minimum atomic E-state index is -3.54. The number of carbonyl (C=O) groups is 1. The zero-order valence-electron chi connectivity index (χ0n) is 13.8. The molecule has 0 fully saturated rings. The fourth-order valence-corrected chi connectivity index (χ4v) is 3.76. The van der Waals surface area contributed by atoms with E-state index in [0.717, 1.165) is 17.7 Å². The largest absolute Gasteiger partial charge is 0.314 e. The summed E-state index contributed by atoms with van der Waals surface area (Å²) in [6.45, 7) is 8.15. The Hall–Kier alpha value is -1.40. The minimum absolute atomic E-state index is 0.0233. The molecule has 1 N–H and O–H groups in total. The Balaban J connectivity index is 2.33. The van der Waals surface area contributed by atoms with Crippen LogP contribution in [0.25, 0.3) is 0 Å². The first-order valence-corrected chi connectivity index (χ1v) is 8.98. The fraction of sp³-hybridized carbons (Fsp3) is 0.562. The molecule has 1 aromatic carbocycles. The number of anilines is 1. The molecule has 0 unspecified atom stereocenters. The second-order valence-corrected chi connectivity index (χ2v) is 8.52. The molecular weight excluding hydrogens is 300 g/mol. The smallest absolute Gasteiger partial charge is 0.240 e. The third kappa shape index (κ3) is 2.90. The van der Waals surface area contributed by atoms with E-state index >= 15 is 0 Å². The summed E-state index contributed by atoms with van der Waals surface area (Å²) in [4.78, 5) is 14.0. The van der Waals surface area contributed by atoms with Gasteiger partial charge < -0.3 is 4.90 Å². The van der Waals surface area contributed by atoms with Crippen molar-refractivity contribution in [3.8, 4) is 0 Å². The van der Waals surface area contributed by atoms with Crippen LogP contribution in [0, 0.1) is 5.92 Å². The monoisotopic (exact) mass is 324 g/mol. The lowest BCUT2D eigenvalue weighted by Crippen LogP contribution is -2.33. The SMILES string of the molecule is CC(C)CCNS(=O)(=O)c1ccc2c(c1)C(C)(C)C(=O)N2C. The van der Waals surface area contributed by atoms with Crippen LogP contribution in [0.15, 0.2) is 23.1 Å². The predicted molar refractivity (Wildman–Crippen MR) is 87.5 cm³/mol. The van der Waals surface area contributed by atoms with Gasteiger partial charge in [0.2, 0.25) is 15.9 Å². The second-order valence-electron chi connectivity index (χ2n) is 6.75. The van der Waals surface area contributed by atoms with Crippen molar-refractivity contribution >= 4 is 21.6 Å². The molecule has 0 aliphatic carbocycles.